The molecular formula is C21H18NOP. The van der Waals surface area contributed by atoms with E-state index >= 15 is 0 Å². The van der Waals surface area contributed by atoms with Gasteiger partial charge in [0.1, 0.15) is 7.14 Å². The van der Waals surface area contributed by atoms with Crippen molar-refractivity contribution in [2.24, 2.45) is 0 Å². The maximum Gasteiger partial charge on any atom is 0.144 e. The van der Waals surface area contributed by atoms with Crippen molar-refractivity contribution in [1.82, 2.24) is 0 Å². The third kappa shape index (κ3) is 3.32. The van der Waals surface area contributed by atoms with E-state index in [1.807, 2.05) is 91.0 Å². The number of nitrogens with zero attached hydrogens (tertiary/aromatic N) is 1. The summed E-state index contributed by atoms with van der Waals surface area (Å²) in [6.07, 6.45) is 0.307. The van der Waals surface area contributed by atoms with Crippen LogP contribution >= 0.6 is 7.14 Å². The first-order valence-corrected chi connectivity index (χ1v) is 9.78. The lowest BCUT2D eigenvalue weighted by molar-refractivity contribution is 0.585. The third-order valence-corrected chi connectivity index (χ3v) is 7.29. The van der Waals surface area contributed by atoms with Crippen LogP contribution in [0.25, 0.3) is 0 Å². The van der Waals surface area contributed by atoms with Crippen LogP contribution in [-0.4, -0.2) is 6.16 Å². The second kappa shape index (κ2) is 7.30. The molecular weight excluding hydrogens is 313 g/mol. The second-order valence-corrected chi connectivity index (χ2v) is 8.56. The molecule has 0 saturated heterocycles. The smallest absolute Gasteiger partial charge is 0.144 e. The standard InChI is InChI=1S/C21H18NOP/c22-16-19(18-10-4-1-5-11-18)17-24(23,20-12-6-2-7-13-20)21-14-8-3-9-15-21/h1-15,19H,17H2/t19-/m1/s1. The lowest BCUT2D eigenvalue weighted by Crippen LogP contribution is -2.21. The van der Waals surface area contributed by atoms with Gasteiger partial charge in [0.25, 0.3) is 0 Å². The number of nitriles is 1. The largest absolute Gasteiger partial charge is 0.314 e. The first kappa shape index (κ1) is 16.2. The maximum absolute atomic E-state index is 14.0. The van der Waals surface area contributed by atoms with Crippen LogP contribution in [-0.2, 0) is 4.57 Å². The Kier molecular flexibility index (Phi) is 4.94. The van der Waals surface area contributed by atoms with Gasteiger partial charge in [0, 0.05) is 16.8 Å². The molecule has 0 spiro atoms. The van der Waals surface area contributed by atoms with Crippen LogP contribution in [0.5, 0.6) is 0 Å². The molecule has 2 nitrogen and oxygen atoms in total. The summed E-state index contributed by atoms with van der Waals surface area (Å²) >= 11 is 0. The second-order valence-electron chi connectivity index (χ2n) is 5.69. The van der Waals surface area contributed by atoms with E-state index in [2.05, 4.69) is 6.07 Å². The van der Waals surface area contributed by atoms with Crippen LogP contribution < -0.4 is 10.6 Å². The van der Waals surface area contributed by atoms with Gasteiger partial charge in [0.05, 0.1) is 12.0 Å². The van der Waals surface area contributed by atoms with Crippen LogP contribution in [0.1, 0.15) is 11.5 Å². The molecule has 118 valence electrons. The van der Waals surface area contributed by atoms with Crippen molar-refractivity contribution in [2.75, 3.05) is 6.16 Å². The van der Waals surface area contributed by atoms with Gasteiger partial charge in [-0.15, -0.1) is 0 Å². The van der Waals surface area contributed by atoms with Crippen LogP contribution in [0, 0.1) is 11.3 Å². The number of benzene rings is 3. The Hall–Kier alpha value is -2.62. The Balaban J connectivity index is 2.07. The van der Waals surface area contributed by atoms with E-state index < -0.39 is 13.1 Å². The van der Waals surface area contributed by atoms with E-state index in [0.717, 1.165) is 16.2 Å². The Labute approximate surface area is 142 Å². The van der Waals surface area contributed by atoms with E-state index in [0.29, 0.717) is 6.16 Å². The fourth-order valence-corrected chi connectivity index (χ4v) is 5.69. The summed E-state index contributed by atoms with van der Waals surface area (Å²) in [6, 6.07) is 30.9. The van der Waals surface area contributed by atoms with E-state index in [1.54, 1.807) is 0 Å². The van der Waals surface area contributed by atoms with Gasteiger partial charge in [-0.25, -0.2) is 0 Å². The molecule has 3 heteroatoms. The average molecular weight is 331 g/mol. The van der Waals surface area contributed by atoms with Crippen LogP contribution in [0.15, 0.2) is 91.0 Å². The monoisotopic (exact) mass is 331 g/mol. The van der Waals surface area contributed by atoms with Crippen LogP contribution in [0.3, 0.4) is 0 Å². The fourth-order valence-electron chi connectivity index (χ4n) is 2.86. The molecule has 0 aliphatic carbocycles. The lowest BCUT2D eigenvalue weighted by Gasteiger charge is -2.22. The fraction of sp³-hybridized carbons (Fsp3) is 0.0952. The lowest BCUT2D eigenvalue weighted by atomic mass is 10.0. The van der Waals surface area contributed by atoms with Gasteiger partial charge in [-0.05, 0) is 5.56 Å². The predicted molar refractivity (Wildman–Crippen MR) is 99.4 cm³/mol. The highest BCUT2D eigenvalue weighted by molar-refractivity contribution is 7.78. The van der Waals surface area contributed by atoms with E-state index in [-0.39, 0.29) is 0 Å². The van der Waals surface area contributed by atoms with Crippen molar-refractivity contribution in [3.05, 3.63) is 96.6 Å². The summed E-state index contributed by atoms with van der Waals surface area (Å²) in [5.41, 5.74) is 0.909. The molecule has 0 saturated carbocycles. The molecule has 0 aliphatic rings. The van der Waals surface area contributed by atoms with Crippen molar-refractivity contribution in [2.45, 2.75) is 5.92 Å². The summed E-state index contributed by atoms with van der Waals surface area (Å²) in [6.45, 7) is 0. The van der Waals surface area contributed by atoms with Gasteiger partial charge in [-0.1, -0.05) is 91.0 Å². The molecule has 0 aliphatic heterocycles. The topological polar surface area (TPSA) is 40.9 Å². The summed E-state index contributed by atoms with van der Waals surface area (Å²) < 4.78 is 14.0. The number of hydrogen-bond donors (Lipinski definition) is 0. The molecule has 3 rings (SSSR count). The average Bonchev–Trinajstić information content (AvgIpc) is 2.68. The molecule has 0 amide bonds. The molecule has 0 aromatic heterocycles. The van der Waals surface area contributed by atoms with Gasteiger partial charge in [-0.3, -0.25) is 0 Å². The minimum atomic E-state index is -2.88. The summed E-state index contributed by atoms with van der Waals surface area (Å²) in [7, 11) is -2.88. The Bertz CT molecular complexity index is 826. The molecule has 24 heavy (non-hydrogen) atoms. The van der Waals surface area contributed by atoms with E-state index in [9.17, 15) is 9.83 Å². The molecule has 0 radical (unpaired) electrons. The Morgan fingerprint density at radius 3 is 1.58 bits per heavy atom. The van der Waals surface area contributed by atoms with Crippen LogP contribution in [0.2, 0.25) is 0 Å². The van der Waals surface area contributed by atoms with Crippen molar-refractivity contribution >= 4 is 17.8 Å². The quantitative estimate of drug-likeness (QED) is 0.654. The zero-order chi connectivity index (χ0) is 16.8. The highest BCUT2D eigenvalue weighted by Crippen LogP contribution is 2.46. The third-order valence-electron chi connectivity index (χ3n) is 4.14. The van der Waals surface area contributed by atoms with Crippen molar-refractivity contribution < 1.29 is 4.57 Å². The Morgan fingerprint density at radius 2 is 1.17 bits per heavy atom. The first-order chi connectivity index (χ1) is 11.7. The molecule has 0 unspecified atom stereocenters. The molecule has 1 atom stereocenters. The minimum Gasteiger partial charge on any atom is -0.314 e. The van der Waals surface area contributed by atoms with Gasteiger partial charge in [0.2, 0.25) is 0 Å². The van der Waals surface area contributed by atoms with Gasteiger partial charge in [0.15, 0.2) is 0 Å². The highest BCUT2D eigenvalue weighted by atomic mass is 31.2. The zero-order valence-corrected chi connectivity index (χ0v) is 14.1. The van der Waals surface area contributed by atoms with Gasteiger partial charge >= 0.3 is 0 Å². The van der Waals surface area contributed by atoms with Gasteiger partial charge in [-0.2, -0.15) is 5.26 Å². The summed E-state index contributed by atoms with van der Waals surface area (Å²) in [5, 5.41) is 11.3. The molecule has 3 aromatic carbocycles. The molecule has 3 aromatic rings. The number of hydrogen-bond acceptors (Lipinski definition) is 2. The SMILES string of the molecule is N#C[C@H](CP(=O)(c1ccccc1)c1ccccc1)c1ccccc1. The van der Waals surface area contributed by atoms with Crippen molar-refractivity contribution in [3.63, 3.8) is 0 Å². The highest BCUT2D eigenvalue weighted by Gasteiger charge is 2.31. The van der Waals surface area contributed by atoms with Crippen molar-refractivity contribution in [3.8, 4) is 6.07 Å². The van der Waals surface area contributed by atoms with Gasteiger partial charge < -0.3 is 4.57 Å². The molecule has 0 fully saturated rings. The zero-order valence-electron chi connectivity index (χ0n) is 13.2. The summed E-state index contributed by atoms with van der Waals surface area (Å²) in [5.74, 6) is -0.405. The molecule has 0 N–H and O–H groups in total. The Morgan fingerprint density at radius 1 is 0.750 bits per heavy atom. The predicted octanol–water partition coefficient (Wildman–Crippen LogP) is 4.31. The summed E-state index contributed by atoms with van der Waals surface area (Å²) in [4.78, 5) is 0. The number of rotatable bonds is 5. The van der Waals surface area contributed by atoms with Crippen molar-refractivity contribution in [1.29, 1.82) is 5.26 Å². The van der Waals surface area contributed by atoms with E-state index in [1.165, 1.54) is 0 Å². The molecule has 0 heterocycles. The normalized spacial score (nSPS) is 12.3. The molecule has 0 bridgehead atoms. The first-order valence-electron chi connectivity index (χ1n) is 7.89. The van der Waals surface area contributed by atoms with E-state index in [4.69, 9.17) is 0 Å². The maximum atomic E-state index is 14.0. The minimum absolute atomic E-state index is 0.307. The van der Waals surface area contributed by atoms with Crippen LogP contribution in [0.4, 0.5) is 0 Å².